The summed E-state index contributed by atoms with van der Waals surface area (Å²) >= 11 is 7.76. The van der Waals surface area contributed by atoms with Crippen LogP contribution in [0.15, 0.2) is 29.6 Å². The summed E-state index contributed by atoms with van der Waals surface area (Å²) in [5, 5.41) is 2.65. The monoisotopic (exact) mass is 274 g/mol. The molecule has 3 aromatic rings. The number of fused-ring (bicyclic) bond motifs is 1. The molecule has 2 heterocycles. The quantitative estimate of drug-likeness (QED) is 0.605. The summed E-state index contributed by atoms with van der Waals surface area (Å²) in [6.07, 6.45) is 0. The van der Waals surface area contributed by atoms with Crippen LogP contribution in [0.5, 0.6) is 0 Å². The van der Waals surface area contributed by atoms with E-state index in [-0.39, 0.29) is 0 Å². The van der Waals surface area contributed by atoms with E-state index in [9.17, 15) is 0 Å². The molecule has 2 aromatic heterocycles. The molecular weight excluding hydrogens is 264 g/mol. The number of aryl methyl sites for hydroxylation is 2. The van der Waals surface area contributed by atoms with Gasteiger partial charge in [0.15, 0.2) is 5.15 Å². The lowest BCUT2D eigenvalue weighted by Gasteiger charge is -2.04. The lowest BCUT2D eigenvalue weighted by atomic mass is 10.0. The highest BCUT2D eigenvalue weighted by Crippen LogP contribution is 2.36. The highest BCUT2D eigenvalue weighted by Gasteiger charge is 2.13. The van der Waals surface area contributed by atoms with Crippen LogP contribution in [0.3, 0.4) is 0 Å². The second kappa shape index (κ2) is 4.34. The second-order valence-corrected chi connectivity index (χ2v) is 5.44. The molecule has 18 heavy (non-hydrogen) atoms. The Kier molecular flexibility index (Phi) is 2.80. The largest absolute Gasteiger partial charge is 0.232 e. The highest BCUT2D eigenvalue weighted by molar-refractivity contribution is 7.18. The van der Waals surface area contributed by atoms with Gasteiger partial charge in [-0.25, -0.2) is 9.97 Å². The van der Waals surface area contributed by atoms with Crippen LogP contribution in [0.1, 0.15) is 11.4 Å². The van der Waals surface area contributed by atoms with Crippen molar-refractivity contribution in [2.45, 2.75) is 13.8 Å². The molecule has 0 saturated carbocycles. The molecule has 3 rings (SSSR count). The lowest BCUT2D eigenvalue weighted by Crippen LogP contribution is -1.89. The Morgan fingerprint density at radius 2 is 1.83 bits per heavy atom. The standard InChI is InChI=1S/C14H11ClN2S/c1-8-5-3-4-6-10(8)11-7-18-13-12(11)16-9(2)17-14(13)15/h3-7H,1-2H3. The van der Waals surface area contributed by atoms with E-state index in [0.717, 1.165) is 15.8 Å². The van der Waals surface area contributed by atoms with Crippen molar-refractivity contribution in [3.8, 4) is 11.1 Å². The van der Waals surface area contributed by atoms with Gasteiger partial charge in [-0.05, 0) is 25.0 Å². The van der Waals surface area contributed by atoms with Crippen LogP contribution >= 0.6 is 22.9 Å². The predicted octanol–water partition coefficient (Wildman–Crippen LogP) is 4.63. The van der Waals surface area contributed by atoms with Gasteiger partial charge in [0.2, 0.25) is 0 Å². The third kappa shape index (κ3) is 1.80. The average Bonchev–Trinajstić information content (AvgIpc) is 2.73. The summed E-state index contributed by atoms with van der Waals surface area (Å²) in [6, 6.07) is 8.30. The van der Waals surface area contributed by atoms with Crippen molar-refractivity contribution in [3.05, 3.63) is 46.2 Å². The first-order valence-electron chi connectivity index (χ1n) is 5.64. The van der Waals surface area contributed by atoms with Crippen LogP contribution < -0.4 is 0 Å². The van der Waals surface area contributed by atoms with Crippen LogP contribution in [0.4, 0.5) is 0 Å². The Bertz CT molecular complexity index is 734. The predicted molar refractivity (Wildman–Crippen MR) is 77.3 cm³/mol. The molecule has 0 aliphatic rings. The molecular formula is C14H11ClN2S. The molecule has 0 unspecified atom stereocenters. The smallest absolute Gasteiger partial charge is 0.150 e. The zero-order valence-corrected chi connectivity index (χ0v) is 11.6. The van der Waals surface area contributed by atoms with Crippen molar-refractivity contribution in [1.82, 2.24) is 9.97 Å². The zero-order chi connectivity index (χ0) is 12.7. The molecule has 90 valence electrons. The van der Waals surface area contributed by atoms with Crippen LogP contribution in [-0.4, -0.2) is 9.97 Å². The van der Waals surface area contributed by atoms with Crippen LogP contribution in [0.2, 0.25) is 5.15 Å². The number of halogens is 1. The van der Waals surface area contributed by atoms with Crippen LogP contribution in [0, 0.1) is 13.8 Å². The molecule has 0 atom stereocenters. The maximum Gasteiger partial charge on any atom is 0.150 e. The fraction of sp³-hybridized carbons (Fsp3) is 0.143. The van der Waals surface area contributed by atoms with Crippen molar-refractivity contribution in [1.29, 1.82) is 0 Å². The van der Waals surface area contributed by atoms with Gasteiger partial charge in [-0.1, -0.05) is 35.9 Å². The van der Waals surface area contributed by atoms with Crippen LogP contribution in [-0.2, 0) is 0 Å². The molecule has 0 bridgehead atoms. The SMILES string of the molecule is Cc1nc(Cl)c2scc(-c3ccccc3C)c2n1. The van der Waals surface area contributed by atoms with Crippen LogP contribution in [0.25, 0.3) is 21.3 Å². The number of rotatable bonds is 1. The van der Waals surface area contributed by atoms with E-state index in [1.165, 1.54) is 11.1 Å². The minimum Gasteiger partial charge on any atom is -0.232 e. The van der Waals surface area contributed by atoms with E-state index in [1.54, 1.807) is 11.3 Å². The Labute approximate surface area is 114 Å². The first kappa shape index (κ1) is 11.6. The van der Waals surface area contributed by atoms with Crippen molar-refractivity contribution >= 4 is 33.2 Å². The molecule has 0 aliphatic heterocycles. The topological polar surface area (TPSA) is 25.8 Å². The maximum atomic E-state index is 6.16. The molecule has 1 aromatic carbocycles. The Hall–Kier alpha value is -1.45. The Balaban J connectivity index is 2.34. The van der Waals surface area contributed by atoms with Gasteiger partial charge in [0.05, 0.1) is 10.2 Å². The third-order valence-corrected chi connectivity index (χ3v) is 4.28. The molecule has 0 spiro atoms. The maximum absolute atomic E-state index is 6.16. The first-order chi connectivity index (χ1) is 8.66. The van der Waals surface area contributed by atoms with E-state index in [2.05, 4.69) is 34.4 Å². The first-order valence-corrected chi connectivity index (χ1v) is 6.90. The van der Waals surface area contributed by atoms with Crippen molar-refractivity contribution in [2.75, 3.05) is 0 Å². The van der Waals surface area contributed by atoms with E-state index < -0.39 is 0 Å². The summed E-state index contributed by atoms with van der Waals surface area (Å²) < 4.78 is 0.959. The van der Waals surface area contributed by atoms with E-state index >= 15 is 0 Å². The summed E-state index contributed by atoms with van der Waals surface area (Å²) in [5.41, 5.74) is 4.54. The zero-order valence-electron chi connectivity index (χ0n) is 10.1. The van der Waals surface area contributed by atoms with Crippen molar-refractivity contribution in [2.24, 2.45) is 0 Å². The van der Waals surface area contributed by atoms with Gasteiger partial charge >= 0.3 is 0 Å². The van der Waals surface area contributed by atoms with E-state index in [4.69, 9.17) is 11.6 Å². The second-order valence-electron chi connectivity index (χ2n) is 4.20. The van der Waals surface area contributed by atoms with Crippen molar-refractivity contribution in [3.63, 3.8) is 0 Å². The third-order valence-electron chi connectivity index (χ3n) is 2.92. The summed E-state index contributed by atoms with van der Waals surface area (Å²) in [6.45, 7) is 3.97. The summed E-state index contributed by atoms with van der Waals surface area (Å²) in [4.78, 5) is 8.72. The normalized spacial score (nSPS) is 11.1. The van der Waals surface area contributed by atoms with Gasteiger partial charge in [0.1, 0.15) is 5.82 Å². The fourth-order valence-corrected chi connectivity index (χ4v) is 3.28. The minimum atomic E-state index is 0.544. The van der Waals surface area contributed by atoms with Gasteiger partial charge in [-0.2, -0.15) is 0 Å². The molecule has 0 N–H and O–H groups in total. The van der Waals surface area contributed by atoms with Crippen molar-refractivity contribution < 1.29 is 0 Å². The van der Waals surface area contributed by atoms with Gasteiger partial charge in [-0.3, -0.25) is 0 Å². The summed E-state index contributed by atoms with van der Waals surface area (Å²) in [7, 11) is 0. The van der Waals surface area contributed by atoms with Gasteiger partial charge in [-0.15, -0.1) is 11.3 Å². The molecule has 4 heteroatoms. The number of thiophene rings is 1. The lowest BCUT2D eigenvalue weighted by molar-refractivity contribution is 1.10. The van der Waals surface area contributed by atoms with Gasteiger partial charge in [0, 0.05) is 10.9 Å². The van der Waals surface area contributed by atoms with Gasteiger partial charge in [0.25, 0.3) is 0 Å². The molecule has 0 saturated heterocycles. The Morgan fingerprint density at radius 1 is 1.06 bits per heavy atom. The molecule has 0 amide bonds. The Morgan fingerprint density at radius 3 is 2.61 bits per heavy atom. The fourth-order valence-electron chi connectivity index (χ4n) is 2.05. The minimum absolute atomic E-state index is 0.544. The van der Waals surface area contributed by atoms with E-state index in [1.807, 2.05) is 19.1 Å². The number of hydrogen-bond acceptors (Lipinski definition) is 3. The number of benzene rings is 1. The average molecular weight is 275 g/mol. The number of aromatic nitrogens is 2. The van der Waals surface area contributed by atoms with Gasteiger partial charge < -0.3 is 0 Å². The highest BCUT2D eigenvalue weighted by atomic mass is 35.5. The molecule has 0 radical (unpaired) electrons. The molecule has 2 nitrogen and oxygen atoms in total. The number of hydrogen-bond donors (Lipinski definition) is 0. The van der Waals surface area contributed by atoms with E-state index in [0.29, 0.717) is 11.0 Å². The number of nitrogens with zero attached hydrogens (tertiary/aromatic N) is 2. The summed E-state index contributed by atoms with van der Waals surface area (Å²) in [5.74, 6) is 0.709. The molecule has 0 aliphatic carbocycles. The molecule has 0 fully saturated rings.